The van der Waals surface area contributed by atoms with E-state index < -0.39 is 24.0 Å². The number of hydrogen-bond acceptors (Lipinski definition) is 7. The lowest BCUT2D eigenvalue weighted by molar-refractivity contribution is -0.140. The SMILES string of the molecule is CC(C)Oc1ccccc1N1CCN(CCCN2C(=O)C3C(O)C=CC(O)C3C2=O)CC1.Cl. The summed E-state index contributed by atoms with van der Waals surface area (Å²) in [5.74, 6) is -1.56. The fourth-order valence-electron chi connectivity index (χ4n) is 4.92. The average molecular weight is 480 g/mol. The van der Waals surface area contributed by atoms with Crippen molar-refractivity contribution in [2.75, 3.05) is 44.2 Å². The largest absolute Gasteiger partial charge is 0.489 e. The second kappa shape index (κ2) is 10.9. The van der Waals surface area contributed by atoms with Gasteiger partial charge in [-0.05, 0) is 38.9 Å². The van der Waals surface area contributed by atoms with Gasteiger partial charge in [-0.1, -0.05) is 24.3 Å². The molecule has 1 aromatic carbocycles. The summed E-state index contributed by atoms with van der Waals surface area (Å²) in [6, 6.07) is 8.12. The van der Waals surface area contributed by atoms with Crippen LogP contribution in [-0.2, 0) is 9.59 Å². The number of aliphatic hydroxyl groups excluding tert-OH is 2. The van der Waals surface area contributed by atoms with Crippen LogP contribution >= 0.6 is 12.4 Å². The predicted octanol–water partition coefficient (Wildman–Crippen LogP) is 1.30. The summed E-state index contributed by atoms with van der Waals surface area (Å²) in [5, 5.41) is 20.2. The Balaban J connectivity index is 0.00000306. The van der Waals surface area contributed by atoms with E-state index in [1.807, 2.05) is 32.0 Å². The maximum Gasteiger partial charge on any atom is 0.236 e. The molecule has 0 bridgehead atoms. The number of carbonyl (C=O) groups is 2. The Morgan fingerprint density at radius 3 is 2.09 bits per heavy atom. The fraction of sp³-hybridized carbons (Fsp3) is 0.583. The average Bonchev–Trinajstić information content (AvgIpc) is 3.03. The highest BCUT2D eigenvalue weighted by molar-refractivity contribution is 6.06. The molecule has 0 aromatic heterocycles. The molecule has 2 fully saturated rings. The quantitative estimate of drug-likeness (QED) is 0.449. The smallest absolute Gasteiger partial charge is 0.236 e. The molecule has 2 heterocycles. The molecule has 4 unspecified atom stereocenters. The topological polar surface area (TPSA) is 93.6 Å². The maximum atomic E-state index is 12.7. The number of benzene rings is 1. The summed E-state index contributed by atoms with van der Waals surface area (Å²) >= 11 is 0. The van der Waals surface area contributed by atoms with Gasteiger partial charge in [0.2, 0.25) is 11.8 Å². The third-order valence-electron chi connectivity index (χ3n) is 6.53. The third-order valence-corrected chi connectivity index (χ3v) is 6.53. The number of nitrogens with zero attached hydrogens (tertiary/aromatic N) is 3. The Hall–Kier alpha value is -2.13. The molecule has 182 valence electrons. The Labute approximate surface area is 201 Å². The summed E-state index contributed by atoms with van der Waals surface area (Å²) in [5.41, 5.74) is 1.11. The zero-order valence-electron chi connectivity index (χ0n) is 19.2. The van der Waals surface area contributed by atoms with Crippen molar-refractivity contribution in [3.63, 3.8) is 0 Å². The van der Waals surface area contributed by atoms with Gasteiger partial charge in [-0.2, -0.15) is 0 Å². The normalized spacial score (nSPS) is 27.7. The van der Waals surface area contributed by atoms with Crippen LogP contribution in [0.1, 0.15) is 20.3 Å². The first-order valence-corrected chi connectivity index (χ1v) is 11.5. The first-order chi connectivity index (χ1) is 15.4. The number of carbonyl (C=O) groups excluding carboxylic acids is 2. The molecule has 1 aliphatic carbocycles. The Bertz CT molecular complexity index is 841. The molecule has 3 aliphatic rings. The van der Waals surface area contributed by atoms with Gasteiger partial charge in [0.05, 0.1) is 35.8 Å². The van der Waals surface area contributed by atoms with Gasteiger partial charge in [0.15, 0.2) is 0 Å². The number of ether oxygens (including phenoxy) is 1. The number of fused-ring (bicyclic) bond motifs is 1. The molecule has 8 nitrogen and oxygen atoms in total. The van der Waals surface area contributed by atoms with Crippen LogP contribution in [0.5, 0.6) is 5.75 Å². The molecule has 4 atom stereocenters. The molecule has 2 N–H and O–H groups in total. The van der Waals surface area contributed by atoms with E-state index in [1.165, 1.54) is 17.1 Å². The summed E-state index contributed by atoms with van der Waals surface area (Å²) in [7, 11) is 0. The highest BCUT2D eigenvalue weighted by atomic mass is 35.5. The number of hydrogen-bond donors (Lipinski definition) is 2. The van der Waals surface area contributed by atoms with Gasteiger partial charge in [-0.15, -0.1) is 12.4 Å². The van der Waals surface area contributed by atoms with Gasteiger partial charge in [-0.3, -0.25) is 19.4 Å². The third kappa shape index (κ3) is 5.35. The van der Waals surface area contributed by atoms with Crippen LogP contribution < -0.4 is 9.64 Å². The van der Waals surface area contributed by atoms with Crippen molar-refractivity contribution >= 4 is 29.9 Å². The Kier molecular flexibility index (Phi) is 8.39. The predicted molar refractivity (Wildman–Crippen MR) is 128 cm³/mol. The van der Waals surface area contributed by atoms with Gasteiger partial charge in [0.1, 0.15) is 5.75 Å². The monoisotopic (exact) mass is 479 g/mol. The summed E-state index contributed by atoms with van der Waals surface area (Å²) in [4.78, 5) is 31.2. The number of aliphatic hydroxyl groups is 2. The molecule has 4 rings (SSSR count). The zero-order valence-corrected chi connectivity index (χ0v) is 20.0. The molecular weight excluding hydrogens is 446 g/mol. The first-order valence-electron chi connectivity index (χ1n) is 11.5. The minimum absolute atomic E-state index is 0. The van der Waals surface area contributed by atoms with Crippen molar-refractivity contribution in [3.8, 4) is 5.75 Å². The molecule has 2 aliphatic heterocycles. The van der Waals surface area contributed by atoms with E-state index in [0.29, 0.717) is 13.0 Å². The van der Waals surface area contributed by atoms with E-state index in [2.05, 4.69) is 15.9 Å². The fourth-order valence-corrected chi connectivity index (χ4v) is 4.92. The van der Waals surface area contributed by atoms with E-state index in [9.17, 15) is 19.8 Å². The van der Waals surface area contributed by atoms with Gasteiger partial charge in [0, 0.05) is 32.7 Å². The summed E-state index contributed by atoms with van der Waals surface area (Å²) in [6.07, 6.45) is 1.58. The second-order valence-electron chi connectivity index (χ2n) is 9.06. The maximum absolute atomic E-state index is 12.7. The molecule has 0 spiro atoms. The second-order valence-corrected chi connectivity index (χ2v) is 9.06. The van der Waals surface area contributed by atoms with Crippen molar-refractivity contribution in [2.24, 2.45) is 11.8 Å². The van der Waals surface area contributed by atoms with Gasteiger partial charge >= 0.3 is 0 Å². The van der Waals surface area contributed by atoms with E-state index >= 15 is 0 Å². The van der Waals surface area contributed by atoms with Crippen LogP contribution in [0.15, 0.2) is 36.4 Å². The van der Waals surface area contributed by atoms with E-state index in [4.69, 9.17) is 4.74 Å². The number of anilines is 1. The van der Waals surface area contributed by atoms with Crippen molar-refractivity contribution in [3.05, 3.63) is 36.4 Å². The molecule has 0 radical (unpaired) electrons. The van der Waals surface area contributed by atoms with E-state index in [1.54, 1.807) is 0 Å². The molecule has 1 aromatic rings. The molecule has 9 heteroatoms. The number of piperazine rings is 1. The lowest BCUT2D eigenvalue weighted by Crippen LogP contribution is -2.47. The highest BCUT2D eigenvalue weighted by Crippen LogP contribution is 2.35. The number of imide groups is 1. The first kappa shape index (κ1) is 25.5. The minimum Gasteiger partial charge on any atom is -0.489 e. The number of para-hydroxylation sites is 2. The number of halogens is 1. The van der Waals surface area contributed by atoms with Crippen molar-refractivity contribution < 1.29 is 24.5 Å². The summed E-state index contributed by atoms with van der Waals surface area (Å²) in [6.45, 7) is 8.70. The van der Waals surface area contributed by atoms with E-state index in [-0.39, 0.29) is 30.3 Å². The standard InChI is InChI=1S/C24H33N3O5.ClH/c1-16(2)32-20-7-4-3-6-17(20)26-14-12-25(13-15-26)10-5-11-27-23(30)21-18(28)8-9-19(29)22(21)24(27)31;/h3-4,6-9,16,18-19,21-22,28-29H,5,10-15H2,1-2H3;1H. The van der Waals surface area contributed by atoms with Crippen molar-refractivity contribution in [1.29, 1.82) is 0 Å². The minimum atomic E-state index is -1.01. The molecular formula is C24H34ClN3O5. The molecule has 2 amide bonds. The number of amides is 2. The van der Waals surface area contributed by atoms with Gasteiger partial charge in [0.25, 0.3) is 0 Å². The number of rotatable bonds is 7. The van der Waals surface area contributed by atoms with Gasteiger partial charge < -0.3 is 19.8 Å². The van der Waals surface area contributed by atoms with Gasteiger partial charge in [-0.25, -0.2) is 0 Å². The lowest BCUT2D eigenvalue weighted by Gasteiger charge is -2.37. The lowest BCUT2D eigenvalue weighted by atomic mass is 9.81. The van der Waals surface area contributed by atoms with Crippen LogP contribution in [0.4, 0.5) is 5.69 Å². The van der Waals surface area contributed by atoms with E-state index in [0.717, 1.165) is 44.2 Å². The van der Waals surface area contributed by atoms with Crippen LogP contribution in [0, 0.1) is 11.8 Å². The van der Waals surface area contributed by atoms with Crippen LogP contribution in [0.2, 0.25) is 0 Å². The highest BCUT2D eigenvalue weighted by Gasteiger charge is 2.53. The molecule has 33 heavy (non-hydrogen) atoms. The van der Waals surface area contributed by atoms with Crippen molar-refractivity contribution in [1.82, 2.24) is 9.80 Å². The van der Waals surface area contributed by atoms with Crippen LogP contribution in [0.3, 0.4) is 0 Å². The number of likely N-dealkylation sites (tertiary alicyclic amines) is 1. The zero-order chi connectivity index (χ0) is 22.8. The molecule has 0 saturated carbocycles. The van der Waals surface area contributed by atoms with Crippen LogP contribution in [0.25, 0.3) is 0 Å². The molecule has 2 saturated heterocycles. The summed E-state index contributed by atoms with van der Waals surface area (Å²) < 4.78 is 5.96. The van der Waals surface area contributed by atoms with Crippen LogP contribution in [-0.4, -0.2) is 89.4 Å². The Morgan fingerprint density at radius 2 is 1.52 bits per heavy atom. The Morgan fingerprint density at radius 1 is 0.939 bits per heavy atom. The van der Waals surface area contributed by atoms with Crippen molar-refractivity contribution in [2.45, 2.75) is 38.6 Å².